The summed E-state index contributed by atoms with van der Waals surface area (Å²) in [4.78, 5) is 25.7. The van der Waals surface area contributed by atoms with E-state index in [0.717, 1.165) is 5.56 Å². The fourth-order valence-corrected chi connectivity index (χ4v) is 4.10. The molecule has 1 amide bonds. The number of pyridine rings is 1. The molecule has 2 heterocycles. The summed E-state index contributed by atoms with van der Waals surface area (Å²) in [7, 11) is -2.78. The average molecular weight is 504 g/mol. The molecule has 0 saturated heterocycles. The summed E-state index contributed by atoms with van der Waals surface area (Å²) in [6.45, 7) is 3.63. The Labute approximate surface area is 187 Å². The van der Waals surface area contributed by atoms with E-state index in [9.17, 15) is 13.8 Å². The maximum Gasteiger partial charge on any atom is 0.257 e. The smallest absolute Gasteiger partial charge is 0.257 e. The minimum atomic E-state index is -2.78. The van der Waals surface area contributed by atoms with E-state index in [1.165, 1.54) is 12.5 Å². The highest BCUT2D eigenvalue weighted by Gasteiger charge is 2.19. The lowest BCUT2D eigenvalue weighted by Crippen LogP contribution is -2.30. The number of aryl methyl sites for hydroxylation is 1. The molecule has 0 radical (unpaired) electrons. The number of carbonyl (C=O) groups excluding carboxylic acids is 1. The Bertz CT molecular complexity index is 1380. The third-order valence-corrected chi connectivity index (χ3v) is 7.02. The minimum absolute atomic E-state index is 0.0625. The number of nitrogens with zero attached hydrogens (tertiary/aromatic N) is 4. The van der Waals surface area contributed by atoms with Gasteiger partial charge in [0.25, 0.3) is 5.91 Å². The molecule has 3 aromatic rings. The Morgan fingerprint density at radius 1 is 1.35 bits per heavy atom. The van der Waals surface area contributed by atoms with Gasteiger partial charge in [0.15, 0.2) is 0 Å². The number of carbonyl (C=O) groups is 1. The zero-order valence-corrected chi connectivity index (χ0v) is 19.3. The second-order valence-corrected chi connectivity index (χ2v) is 9.82. The van der Waals surface area contributed by atoms with E-state index in [2.05, 4.69) is 30.8 Å². The van der Waals surface area contributed by atoms with Gasteiger partial charge in [-0.1, -0.05) is 17.3 Å². The summed E-state index contributed by atoms with van der Waals surface area (Å²) < 4.78 is 22.8. The molecule has 1 unspecified atom stereocenters. The summed E-state index contributed by atoms with van der Waals surface area (Å²) in [5, 5.41) is 15.2. The first kappa shape index (κ1) is 22.5. The van der Waals surface area contributed by atoms with Crippen LogP contribution in [0.25, 0.3) is 5.88 Å². The van der Waals surface area contributed by atoms with E-state index < -0.39 is 21.1 Å². The van der Waals surface area contributed by atoms with Gasteiger partial charge in [0.05, 0.1) is 19.9 Å². The third-order valence-electron chi connectivity index (χ3n) is 4.51. The molecule has 3 rings (SSSR count). The van der Waals surface area contributed by atoms with Gasteiger partial charge in [-0.2, -0.15) is 5.26 Å². The lowest BCUT2D eigenvalue weighted by molar-refractivity contribution is 0.0949. The molecular formula is C20H18BrN5O4S. The van der Waals surface area contributed by atoms with E-state index >= 15 is 0 Å². The molecule has 0 spiro atoms. The van der Waals surface area contributed by atoms with Gasteiger partial charge in [-0.15, -0.1) is 4.36 Å². The summed E-state index contributed by atoms with van der Waals surface area (Å²) in [5.74, 6) is -0.176. The number of amides is 1. The second-order valence-electron chi connectivity index (χ2n) is 6.77. The monoisotopic (exact) mass is 503 g/mol. The fourth-order valence-electron chi connectivity index (χ4n) is 2.80. The lowest BCUT2D eigenvalue weighted by atomic mass is 10.2. The Morgan fingerprint density at radius 3 is 2.61 bits per heavy atom. The highest BCUT2D eigenvalue weighted by Crippen LogP contribution is 2.19. The molecule has 1 N–H and O–H groups in total. The first-order valence-corrected chi connectivity index (χ1v) is 11.7. The summed E-state index contributed by atoms with van der Waals surface area (Å²) in [6.07, 6.45) is 4.35. The standard InChI is InChI=1S/C20H18BrN5O4S/c1-12-8-17(30-25-12)26-10-16(19(27)18(21)13(26)2)20(28)23-9-14-4-6-15(7-5-14)31(3,29)24-11-22/h4-8,10H,9H2,1-3H3,(H,23,28). The van der Waals surface area contributed by atoms with Crippen LogP contribution >= 0.6 is 15.9 Å². The van der Waals surface area contributed by atoms with Crippen LogP contribution in [-0.4, -0.2) is 26.1 Å². The van der Waals surface area contributed by atoms with Gasteiger partial charge in [0, 0.05) is 35.7 Å². The molecule has 1 aromatic carbocycles. The average Bonchev–Trinajstić information content (AvgIpc) is 3.16. The largest absolute Gasteiger partial charge is 0.348 e. The Morgan fingerprint density at radius 2 is 2.03 bits per heavy atom. The molecule has 9 nitrogen and oxygen atoms in total. The van der Waals surface area contributed by atoms with Gasteiger partial charge in [0.1, 0.15) is 5.56 Å². The van der Waals surface area contributed by atoms with Crippen LogP contribution in [0.4, 0.5) is 0 Å². The predicted molar refractivity (Wildman–Crippen MR) is 117 cm³/mol. The fraction of sp³-hybridized carbons (Fsp3) is 0.200. The first-order chi connectivity index (χ1) is 14.6. The zero-order chi connectivity index (χ0) is 22.8. The Hall–Kier alpha value is -3.23. The van der Waals surface area contributed by atoms with Crippen LogP contribution in [0.2, 0.25) is 0 Å². The molecule has 0 bridgehead atoms. The molecule has 31 heavy (non-hydrogen) atoms. The molecule has 2 aromatic heterocycles. The third kappa shape index (κ3) is 4.76. The molecule has 11 heteroatoms. The van der Waals surface area contributed by atoms with Crippen molar-refractivity contribution in [2.75, 3.05) is 6.26 Å². The van der Waals surface area contributed by atoms with Crippen LogP contribution in [0.15, 0.2) is 59.6 Å². The Balaban J connectivity index is 1.84. The number of nitriles is 1. The second kappa shape index (κ2) is 8.87. The van der Waals surface area contributed by atoms with E-state index in [1.54, 1.807) is 54.9 Å². The van der Waals surface area contributed by atoms with Crippen molar-refractivity contribution in [3.63, 3.8) is 0 Å². The highest BCUT2D eigenvalue weighted by molar-refractivity contribution is 9.10. The van der Waals surface area contributed by atoms with E-state index in [0.29, 0.717) is 22.2 Å². The molecule has 0 fully saturated rings. The van der Waals surface area contributed by atoms with Crippen LogP contribution < -0.4 is 10.7 Å². The van der Waals surface area contributed by atoms with Crippen molar-refractivity contribution in [2.45, 2.75) is 25.3 Å². The van der Waals surface area contributed by atoms with Gasteiger partial charge in [-0.3, -0.25) is 14.2 Å². The number of rotatable bonds is 5. The van der Waals surface area contributed by atoms with Crippen LogP contribution in [0, 0.1) is 25.3 Å². The van der Waals surface area contributed by atoms with Gasteiger partial charge in [-0.25, -0.2) is 4.21 Å². The summed E-state index contributed by atoms with van der Waals surface area (Å²) in [6, 6.07) is 8.22. The number of aromatic nitrogens is 2. The van der Waals surface area contributed by atoms with Crippen molar-refractivity contribution < 1.29 is 13.5 Å². The quantitative estimate of drug-likeness (QED) is 0.532. The maximum absolute atomic E-state index is 12.7. The molecule has 160 valence electrons. The molecule has 0 aliphatic rings. The van der Waals surface area contributed by atoms with Crippen molar-refractivity contribution in [3.8, 4) is 12.1 Å². The number of hydrogen-bond acceptors (Lipinski definition) is 7. The number of nitrogens with one attached hydrogen (secondary N) is 1. The van der Waals surface area contributed by atoms with E-state index in [-0.39, 0.29) is 16.6 Å². The van der Waals surface area contributed by atoms with Gasteiger partial charge in [0.2, 0.25) is 17.5 Å². The van der Waals surface area contributed by atoms with Crippen molar-refractivity contribution >= 4 is 31.6 Å². The molecular weight excluding hydrogens is 486 g/mol. The normalized spacial score (nSPS) is 12.6. The van der Waals surface area contributed by atoms with Gasteiger partial charge >= 0.3 is 0 Å². The number of hydrogen-bond donors (Lipinski definition) is 1. The molecule has 0 saturated carbocycles. The van der Waals surface area contributed by atoms with Crippen LogP contribution in [0.3, 0.4) is 0 Å². The van der Waals surface area contributed by atoms with Gasteiger partial charge in [-0.05, 0) is 47.5 Å². The first-order valence-electron chi connectivity index (χ1n) is 8.97. The van der Waals surface area contributed by atoms with Crippen molar-refractivity contribution in [3.05, 3.63) is 73.7 Å². The van der Waals surface area contributed by atoms with Crippen molar-refractivity contribution in [2.24, 2.45) is 4.36 Å². The van der Waals surface area contributed by atoms with Crippen LogP contribution in [0.1, 0.15) is 27.3 Å². The van der Waals surface area contributed by atoms with Crippen molar-refractivity contribution in [1.82, 2.24) is 15.0 Å². The van der Waals surface area contributed by atoms with E-state index in [4.69, 9.17) is 9.78 Å². The number of benzene rings is 1. The lowest BCUT2D eigenvalue weighted by Gasteiger charge is -2.12. The predicted octanol–water partition coefficient (Wildman–Crippen LogP) is 3.07. The summed E-state index contributed by atoms with van der Waals surface area (Å²) in [5.41, 5.74) is 1.45. The Kier molecular flexibility index (Phi) is 6.42. The molecule has 1 atom stereocenters. The SMILES string of the molecule is Cc1cc(-n2cc(C(=O)NCc3ccc(S(C)(=O)=NC#N)cc3)c(=O)c(Br)c2C)on1. The van der Waals surface area contributed by atoms with E-state index in [1.807, 2.05) is 0 Å². The van der Waals surface area contributed by atoms with Crippen molar-refractivity contribution in [1.29, 1.82) is 5.26 Å². The molecule has 0 aliphatic heterocycles. The van der Waals surface area contributed by atoms with Gasteiger partial charge < -0.3 is 9.84 Å². The topological polar surface area (TPSA) is 130 Å². The van der Waals surface area contributed by atoms with Crippen LogP contribution in [-0.2, 0) is 16.3 Å². The van der Waals surface area contributed by atoms with Crippen LogP contribution in [0.5, 0.6) is 0 Å². The number of halogens is 1. The maximum atomic E-state index is 12.7. The summed E-state index contributed by atoms with van der Waals surface area (Å²) >= 11 is 3.25. The molecule has 0 aliphatic carbocycles. The zero-order valence-electron chi connectivity index (χ0n) is 16.9. The highest BCUT2D eigenvalue weighted by atomic mass is 79.9. The minimum Gasteiger partial charge on any atom is -0.348 e.